The van der Waals surface area contributed by atoms with E-state index < -0.39 is 25.3 Å². The molecule has 176 valence electrons. The molecule has 0 radical (unpaired) electrons. The van der Waals surface area contributed by atoms with Gasteiger partial charge in [0, 0.05) is 36.8 Å². The summed E-state index contributed by atoms with van der Waals surface area (Å²) in [7, 11) is -6.72. The Balaban J connectivity index is 1.85. The SMILES string of the molecule is CC(C)N1C[C@H](NS(=O)(=O)C(C)C)[C@@H](c2ccc(-c3cccc(NS(C)(=O)=O)c3)cc2)C1. The highest BCUT2D eigenvalue weighted by molar-refractivity contribution is 7.92. The monoisotopic (exact) mass is 479 g/mol. The van der Waals surface area contributed by atoms with E-state index in [-0.39, 0.29) is 12.0 Å². The van der Waals surface area contributed by atoms with Gasteiger partial charge in [-0.2, -0.15) is 0 Å². The van der Waals surface area contributed by atoms with Crippen molar-refractivity contribution in [3.63, 3.8) is 0 Å². The molecule has 2 aromatic carbocycles. The minimum absolute atomic E-state index is 0.0539. The first-order valence-electron chi connectivity index (χ1n) is 10.8. The Morgan fingerprint density at radius 3 is 2.12 bits per heavy atom. The molecule has 9 heteroatoms. The van der Waals surface area contributed by atoms with E-state index >= 15 is 0 Å². The smallest absolute Gasteiger partial charge is 0.229 e. The lowest BCUT2D eigenvalue weighted by molar-refractivity contribution is 0.269. The van der Waals surface area contributed by atoms with Crippen LogP contribution in [-0.2, 0) is 20.0 Å². The van der Waals surface area contributed by atoms with Crippen LogP contribution in [0.5, 0.6) is 0 Å². The third kappa shape index (κ3) is 6.10. The van der Waals surface area contributed by atoms with Crippen molar-refractivity contribution in [2.24, 2.45) is 0 Å². The first-order chi connectivity index (χ1) is 14.9. The van der Waals surface area contributed by atoms with Gasteiger partial charge in [-0.15, -0.1) is 0 Å². The van der Waals surface area contributed by atoms with Gasteiger partial charge in [0.25, 0.3) is 0 Å². The Labute approximate surface area is 192 Å². The molecule has 2 atom stereocenters. The highest BCUT2D eigenvalue weighted by Crippen LogP contribution is 2.32. The molecule has 2 N–H and O–H groups in total. The van der Waals surface area contributed by atoms with E-state index in [0.717, 1.165) is 29.5 Å². The summed E-state index contributed by atoms with van der Waals surface area (Å²) in [5.41, 5.74) is 3.46. The number of hydrogen-bond acceptors (Lipinski definition) is 5. The molecule has 0 aliphatic carbocycles. The zero-order chi connectivity index (χ0) is 23.7. The van der Waals surface area contributed by atoms with Crippen molar-refractivity contribution in [1.82, 2.24) is 9.62 Å². The number of benzene rings is 2. The molecule has 0 unspecified atom stereocenters. The van der Waals surface area contributed by atoms with Gasteiger partial charge in [-0.1, -0.05) is 36.4 Å². The zero-order valence-corrected chi connectivity index (χ0v) is 20.9. The molecule has 3 rings (SSSR count). The van der Waals surface area contributed by atoms with Crippen LogP contribution in [0.2, 0.25) is 0 Å². The van der Waals surface area contributed by atoms with Gasteiger partial charge < -0.3 is 0 Å². The maximum Gasteiger partial charge on any atom is 0.229 e. The molecule has 1 saturated heterocycles. The number of hydrogen-bond donors (Lipinski definition) is 2. The number of rotatable bonds is 8. The third-order valence-electron chi connectivity index (χ3n) is 5.85. The largest absolute Gasteiger partial charge is 0.299 e. The van der Waals surface area contributed by atoms with Gasteiger partial charge >= 0.3 is 0 Å². The summed E-state index contributed by atoms with van der Waals surface area (Å²) in [6.07, 6.45) is 1.13. The summed E-state index contributed by atoms with van der Waals surface area (Å²) >= 11 is 0. The summed E-state index contributed by atoms with van der Waals surface area (Å²) in [6.45, 7) is 9.08. The number of nitrogens with one attached hydrogen (secondary N) is 2. The molecule has 0 spiro atoms. The molecular formula is C23H33N3O4S2. The predicted octanol–water partition coefficient (Wildman–Crippen LogP) is 3.23. The molecular weight excluding hydrogens is 446 g/mol. The Bertz CT molecular complexity index is 1140. The number of nitrogens with zero attached hydrogens (tertiary/aromatic N) is 1. The van der Waals surface area contributed by atoms with Gasteiger partial charge in [0.05, 0.1) is 11.5 Å². The van der Waals surface area contributed by atoms with Gasteiger partial charge in [0.15, 0.2) is 0 Å². The lowest BCUT2D eigenvalue weighted by atomic mass is 9.93. The van der Waals surface area contributed by atoms with Crippen LogP contribution in [0.4, 0.5) is 5.69 Å². The molecule has 0 saturated carbocycles. The number of anilines is 1. The Morgan fingerprint density at radius 2 is 1.56 bits per heavy atom. The molecule has 1 heterocycles. The molecule has 1 aliphatic rings. The number of sulfonamides is 2. The summed E-state index contributed by atoms with van der Waals surface area (Å²) in [5.74, 6) is 0.0539. The first kappa shape index (κ1) is 24.7. The van der Waals surface area contributed by atoms with Crippen LogP contribution in [0.25, 0.3) is 11.1 Å². The summed E-state index contributed by atoms with van der Waals surface area (Å²) in [6, 6.07) is 15.5. The van der Waals surface area contributed by atoms with E-state index in [0.29, 0.717) is 18.3 Å². The van der Waals surface area contributed by atoms with E-state index in [1.54, 1.807) is 26.0 Å². The average Bonchev–Trinajstić information content (AvgIpc) is 3.10. The van der Waals surface area contributed by atoms with Crippen LogP contribution in [0, 0.1) is 0 Å². The summed E-state index contributed by atoms with van der Waals surface area (Å²) in [4.78, 5) is 2.30. The van der Waals surface area contributed by atoms with Crippen LogP contribution in [0.15, 0.2) is 48.5 Å². The van der Waals surface area contributed by atoms with Crippen molar-refractivity contribution in [1.29, 1.82) is 0 Å². The quantitative estimate of drug-likeness (QED) is 0.606. The van der Waals surface area contributed by atoms with Crippen molar-refractivity contribution in [2.75, 3.05) is 24.1 Å². The Hall–Kier alpha value is -1.94. The maximum atomic E-state index is 12.5. The van der Waals surface area contributed by atoms with Crippen LogP contribution in [-0.4, -0.2) is 58.4 Å². The lowest BCUT2D eigenvalue weighted by Gasteiger charge is -2.22. The van der Waals surface area contributed by atoms with E-state index in [1.807, 2.05) is 36.4 Å². The van der Waals surface area contributed by atoms with Crippen molar-refractivity contribution < 1.29 is 16.8 Å². The minimum atomic E-state index is -3.38. The second-order valence-corrected chi connectivity index (χ2v) is 13.1. The molecule has 1 aliphatic heterocycles. The maximum absolute atomic E-state index is 12.5. The van der Waals surface area contributed by atoms with E-state index in [1.165, 1.54) is 0 Å². The second kappa shape index (κ2) is 9.51. The Kier molecular flexibility index (Phi) is 7.34. The van der Waals surface area contributed by atoms with Crippen LogP contribution >= 0.6 is 0 Å². The van der Waals surface area contributed by atoms with E-state index in [2.05, 4.69) is 28.2 Å². The van der Waals surface area contributed by atoms with Gasteiger partial charge in [-0.25, -0.2) is 21.6 Å². The molecule has 0 amide bonds. The predicted molar refractivity (Wildman–Crippen MR) is 131 cm³/mol. The Morgan fingerprint density at radius 1 is 0.906 bits per heavy atom. The van der Waals surface area contributed by atoms with Gasteiger partial charge in [0.2, 0.25) is 20.0 Å². The molecule has 7 nitrogen and oxygen atoms in total. The zero-order valence-electron chi connectivity index (χ0n) is 19.2. The highest BCUT2D eigenvalue weighted by Gasteiger charge is 2.37. The summed E-state index contributed by atoms with van der Waals surface area (Å²) in [5, 5.41) is -0.480. The van der Waals surface area contributed by atoms with Crippen molar-refractivity contribution in [2.45, 2.75) is 50.9 Å². The fraction of sp³-hybridized carbons (Fsp3) is 0.478. The standard InChI is InChI=1S/C23H33N3O4S2/c1-16(2)26-14-22(23(15-26)25-32(29,30)17(3)4)19-11-9-18(10-12-19)20-7-6-8-21(13-20)24-31(5,27)28/h6-13,16-17,22-25H,14-15H2,1-5H3/t22-,23+/m1/s1. The van der Waals surface area contributed by atoms with Crippen molar-refractivity contribution >= 4 is 25.7 Å². The first-order valence-corrected chi connectivity index (χ1v) is 14.2. The van der Waals surface area contributed by atoms with E-state index in [4.69, 9.17) is 0 Å². The van der Waals surface area contributed by atoms with Crippen molar-refractivity contribution in [3.05, 3.63) is 54.1 Å². The normalized spacial score (nSPS) is 20.2. The second-order valence-electron chi connectivity index (χ2n) is 9.05. The fourth-order valence-corrected chi connectivity index (χ4v) is 5.45. The molecule has 0 bridgehead atoms. The topological polar surface area (TPSA) is 95.6 Å². The number of likely N-dealkylation sites (tertiary alicyclic amines) is 1. The summed E-state index contributed by atoms with van der Waals surface area (Å²) < 4.78 is 53.5. The minimum Gasteiger partial charge on any atom is -0.299 e. The molecule has 32 heavy (non-hydrogen) atoms. The molecule has 0 aromatic heterocycles. The molecule has 2 aromatic rings. The van der Waals surface area contributed by atoms with Gasteiger partial charge in [0.1, 0.15) is 0 Å². The van der Waals surface area contributed by atoms with Crippen LogP contribution in [0.1, 0.15) is 39.2 Å². The van der Waals surface area contributed by atoms with Gasteiger partial charge in [-0.05, 0) is 56.5 Å². The third-order valence-corrected chi connectivity index (χ3v) is 8.33. The van der Waals surface area contributed by atoms with Crippen LogP contribution in [0.3, 0.4) is 0 Å². The van der Waals surface area contributed by atoms with Crippen molar-refractivity contribution in [3.8, 4) is 11.1 Å². The molecule has 1 fully saturated rings. The fourth-order valence-electron chi connectivity index (χ4n) is 3.96. The lowest BCUT2D eigenvalue weighted by Crippen LogP contribution is -2.43. The van der Waals surface area contributed by atoms with Gasteiger partial charge in [-0.3, -0.25) is 9.62 Å². The average molecular weight is 480 g/mol. The van der Waals surface area contributed by atoms with Crippen LogP contribution < -0.4 is 9.44 Å². The highest BCUT2D eigenvalue weighted by atomic mass is 32.2. The van der Waals surface area contributed by atoms with E-state index in [9.17, 15) is 16.8 Å².